The molecule has 0 aliphatic carbocycles. The maximum absolute atomic E-state index is 13.6. The van der Waals surface area contributed by atoms with Gasteiger partial charge in [0.15, 0.2) is 5.54 Å². The quantitative estimate of drug-likeness (QED) is 0.562. The minimum absolute atomic E-state index is 0.0367. The smallest absolute Gasteiger partial charge is 0.325 e. The molecule has 1 aliphatic rings. The van der Waals surface area contributed by atoms with Gasteiger partial charge >= 0.3 is 6.03 Å². The zero-order valence-electron chi connectivity index (χ0n) is 18.1. The maximum atomic E-state index is 13.6. The van der Waals surface area contributed by atoms with Crippen LogP contribution in [-0.4, -0.2) is 41.2 Å². The van der Waals surface area contributed by atoms with Crippen LogP contribution in [0.5, 0.6) is 5.75 Å². The molecule has 0 bridgehead atoms. The van der Waals surface area contributed by atoms with Crippen molar-refractivity contribution in [1.29, 1.82) is 0 Å². The van der Waals surface area contributed by atoms with Gasteiger partial charge in [-0.1, -0.05) is 72.8 Å². The molecule has 3 amide bonds. The lowest BCUT2D eigenvalue weighted by Crippen LogP contribution is -2.46. The van der Waals surface area contributed by atoms with E-state index in [1.807, 2.05) is 92.7 Å². The number of carbonyl (C=O) groups excluding carboxylic acids is 2. The van der Waals surface area contributed by atoms with Crippen LogP contribution in [-0.2, 0) is 10.3 Å². The molecule has 0 saturated carbocycles. The summed E-state index contributed by atoms with van der Waals surface area (Å²) in [5, 5.41) is 13.5. The van der Waals surface area contributed by atoms with E-state index in [-0.39, 0.29) is 13.2 Å². The molecule has 1 heterocycles. The van der Waals surface area contributed by atoms with Gasteiger partial charge in [-0.05, 0) is 42.2 Å². The molecule has 1 saturated heterocycles. The molecule has 2 N–H and O–H groups in total. The first kappa shape index (κ1) is 21.6. The summed E-state index contributed by atoms with van der Waals surface area (Å²) in [6.45, 7) is 3.68. The molecular formula is C26H26N2O4. The number of ether oxygens (including phenoxy) is 1. The van der Waals surface area contributed by atoms with Gasteiger partial charge in [0.2, 0.25) is 0 Å². The molecule has 1 fully saturated rings. The van der Waals surface area contributed by atoms with Crippen molar-refractivity contribution < 1.29 is 19.4 Å². The van der Waals surface area contributed by atoms with E-state index in [1.165, 1.54) is 0 Å². The fraction of sp³-hybridized carbons (Fsp3) is 0.231. The summed E-state index contributed by atoms with van der Waals surface area (Å²) in [7, 11) is 0. The highest BCUT2D eigenvalue weighted by Gasteiger charge is 2.53. The fourth-order valence-electron chi connectivity index (χ4n) is 3.99. The molecule has 0 spiro atoms. The van der Waals surface area contributed by atoms with Crippen LogP contribution >= 0.6 is 0 Å². The number of hydrogen-bond donors (Lipinski definition) is 2. The third-order valence-corrected chi connectivity index (χ3v) is 5.69. The average Bonchev–Trinajstić information content (AvgIpc) is 3.06. The van der Waals surface area contributed by atoms with E-state index in [2.05, 4.69) is 5.32 Å². The van der Waals surface area contributed by atoms with Crippen LogP contribution in [0.2, 0.25) is 0 Å². The van der Waals surface area contributed by atoms with E-state index >= 15 is 0 Å². The molecule has 0 aromatic heterocycles. The standard InChI is InChI=1S/C26H26N2O4/c1-18-13-14-19(2)23(15-18)32-17-22(29)16-28-24(30)26(27-25(28)31,20-9-5-3-6-10-20)21-11-7-4-8-12-21/h3-15,22,29H,16-17H2,1-2H3,(H,27,31). The first-order valence-electron chi connectivity index (χ1n) is 10.5. The van der Waals surface area contributed by atoms with Crippen molar-refractivity contribution in [3.63, 3.8) is 0 Å². The summed E-state index contributed by atoms with van der Waals surface area (Å²) in [5.41, 5.74) is 1.98. The Hall–Kier alpha value is -3.64. The van der Waals surface area contributed by atoms with Gasteiger partial charge in [0.25, 0.3) is 5.91 Å². The van der Waals surface area contributed by atoms with E-state index in [4.69, 9.17) is 4.74 Å². The highest BCUT2D eigenvalue weighted by atomic mass is 16.5. The van der Waals surface area contributed by atoms with Crippen molar-refractivity contribution in [3.05, 3.63) is 101 Å². The molecular weight excluding hydrogens is 404 g/mol. The number of nitrogens with one attached hydrogen (secondary N) is 1. The number of aryl methyl sites for hydroxylation is 2. The van der Waals surface area contributed by atoms with Gasteiger partial charge in [-0.25, -0.2) is 4.79 Å². The van der Waals surface area contributed by atoms with Gasteiger partial charge in [-0.3, -0.25) is 9.69 Å². The molecule has 3 aromatic carbocycles. The maximum Gasteiger partial charge on any atom is 0.325 e. The van der Waals surface area contributed by atoms with Gasteiger partial charge in [-0.15, -0.1) is 0 Å². The van der Waals surface area contributed by atoms with Crippen LogP contribution in [0.4, 0.5) is 4.79 Å². The van der Waals surface area contributed by atoms with Crippen molar-refractivity contribution in [1.82, 2.24) is 10.2 Å². The van der Waals surface area contributed by atoms with Crippen molar-refractivity contribution >= 4 is 11.9 Å². The summed E-state index contributed by atoms with van der Waals surface area (Å²) in [6, 6.07) is 23.6. The van der Waals surface area contributed by atoms with Gasteiger partial charge in [-0.2, -0.15) is 0 Å². The number of aliphatic hydroxyl groups excluding tert-OH is 1. The van der Waals surface area contributed by atoms with E-state index in [0.717, 1.165) is 16.0 Å². The average molecular weight is 431 g/mol. The van der Waals surface area contributed by atoms with E-state index in [0.29, 0.717) is 16.9 Å². The monoisotopic (exact) mass is 430 g/mol. The van der Waals surface area contributed by atoms with Gasteiger partial charge in [0.05, 0.1) is 6.54 Å². The molecule has 6 nitrogen and oxygen atoms in total. The van der Waals surface area contributed by atoms with Crippen LogP contribution in [0.15, 0.2) is 78.9 Å². The molecule has 1 atom stereocenters. The van der Waals surface area contributed by atoms with Crippen LogP contribution < -0.4 is 10.1 Å². The van der Waals surface area contributed by atoms with Crippen LogP contribution in [0.1, 0.15) is 22.3 Å². The summed E-state index contributed by atoms with van der Waals surface area (Å²) in [6.07, 6.45) is -1.04. The first-order chi connectivity index (χ1) is 15.4. The van der Waals surface area contributed by atoms with Crippen molar-refractivity contribution in [3.8, 4) is 5.75 Å². The number of hydrogen-bond acceptors (Lipinski definition) is 4. The SMILES string of the molecule is Cc1ccc(C)c(OCC(O)CN2C(=O)NC(c3ccccc3)(c3ccccc3)C2=O)c1. The van der Waals surface area contributed by atoms with Gasteiger partial charge in [0, 0.05) is 0 Å². The number of carbonyl (C=O) groups is 2. The van der Waals surface area contributed by atoms with Crippen molar-refractivity contribution in [2.24, 2.45) is 0 Å². The summed E-state index contributed by atoms with van der Waals surface area (Å²) < 4.78 is 5.76. The Bertz CT molecular complexity index is 1080. The van der Waals surface area contributed by atoms with Crippen molar-refractivity contribution in [2.45, 2.75) is 25.5 Å². The largest absolute Gasteiger partial charge is 0.491 e. The Kier molecular flexibility index (Phi) is 5.97. The topological polar surface area (TPSA) is 78.9 Å². The number of amides is 3. The lowest BCUT2D eigenvalue weighted by molar-refractivity contribution is -0.131. The summed E-state index contributed by atoms with van der Waals surface area (Å²) in [5.74, 6) is 0.245. The molecule has 1 unspecified atom stereocenters. The van der Waals surface area contributed by atoms with E-state index in [1.54, 1.807) is 0 Å². The predicted octanol–water partition coefficient (Wildman–Crippen LogP) is 3.54. The molecule has 3 aromatic rings. The second-order valence-electron chi connectivity index (χ2n) is 8.06. The Labute approximate surface area is 187 Å². The van der Waals surface area contributed by atoms with Crippen LogP contribution in [0.3, 0.4) is 0 Å². The second-order valence-corrected chi connectivity index (χ2v) is 8.06. The van der Waals surface area contributed by atoms with Gasteiger partial charge in [0.1, 0.15) is 18.5 Å². The van der Waals surface area contributed by atoms with Gasteiger partial charge < -0.3 is 15.2 Å². The van der Waals surface area contributed by atoms with E-state index in [9.17, 15) is 14.7 Å². The number of benzene rings is 3. The number of urea groups is 1. The summed E-state index contributed by atoms with van der Waals surface area (Å²) >= 11 is 0. The summed E-state index contributed by atoms with van der Waals surface area (Å²) in [4.78, 5) is 27.6. The number of nitrogens with zero attached hydrogens (tertiary/aromatic N) is 1. The molecule has 4 rings (SSSR count). The lowest BCUT2D eigenvalue weighted by atomic mass is 9.82. The number of aliphatic hydroxyl groups is 1. The molecule has 32 heavy (non-hydrogen) atoms. The van der Waals surface area contributed by atoms with E-state index < -0.39 is 23.6 Å². The molecule has 1 aliphatic heterocycles. The zero-order valence-corrected chi connectivity index (χ0v) is 18.1. The van der Waals surface area contributed by atoms with Crippen molar-refractivity contribution in [2.75, 3.05) is 13.2 Å². The first-order valence-corrected chi connectivity index (χ1v) is 10.5. The fourth-order valence-corrected chi connectivity index (χ4v) is 3.99. The lowest BCUT2D eigenvalue weighted by Gasteiger charge is -2.28. The number of β-amino-alcohol motifs (C(OH)–C–C–N with tert-alkyl or cyclic N) is 1. The number of imide groups is 1. The third-order valence-electron chi connectivity index (χ3n) is 5.69. The second kappa shape index (κ2) is 8.85. The zero-order chi connectivity index (χ0) is 22.7. The highest BCUT2D eigenvalue weighted by molar-refractivity contribution is 6.09. The molecule has 6 heteroatoms. The van der Waals surface area contributed by atoms with Crippen LogP contribution in [0.25, 0.3) is 0 Å². The minimum Gasteiger partial charge on any atom is -0.491 e. The third kappa shape index (κ3) is 3.97. The Balaban J connectivity index is 1.56. The van der Waals surface area contributed by atoms with Crippen LogP contribution in [0, 0.1) is 13.8 Å². The molecule has 164 valence electrons. The minimum atomic E-state index is -1.34. The Morgan fingerprint density at radius 2 is 1.53 bits per heavy atom. The highest BCUT2D eigenvalue weighted by Crippen LogP contribution is 2.36. The molecule has 0 radical (unpaired) electrons. The Morgan fingerprint density at radius 1 is 0.938 bits per heavy atom. The Morgan fingerprint density at radius 3 is 2.12 bits per heavy atom. The normalized spacial score (nSPS) is 16.0. The number of rotatable bonds is 7. The predicted molar refractivity (Wildman–Crippen MR) is 121 cm³/mol.